The number of hydrogen-bond donors (Lipinski definition) is 0. The van der Waals surface area contributed by atoms with Gasteiger partial charge in [0.25, 0.3) is 0 Å². The molecule has 1 aromatic heterocycles. The minimum atomic E-state index is 0.436. The highest BCUT2D eigenvalue weighted by Crippen LogP contribution is 2.28. The minimum Gasteiger partial charge on any atom is -0.485 e. The number of imidazole rings is 1. The molecule has 0 unspecified atom stereocenters. The Morgan fingerprint density at radius 1 is 1.04 bits per heavy atom. The molecule has 0 N–H and O–H groups in total. The zero-order valence-electron chi connectivity index (χ0n) is 16.6. The number of rotatable bonds is 7. The maximum absolute atomic E-state index is 6.26. The van der Waals surface area contributed by atoms with E-state index in [4.69, 9.17) is 9.72 Å². The quantitative estimate of drug-likeness (QED) is 0.515. The third kappa shape index (κ3) is 4.09. The van der Waals surface area contributed by atoms with Crippen LogP contribution in [0.2, 0.25) is 0 Å². The average molecular weight is 351 g/mol. The number of benzene rings is 2. The van der Waals surface area contributed by atoms with Crippen molar-refractivity contribution >= 4 is 11.0 Å². The predicted molar refractivity (Wildman–Crippen MR) is 109 cm³/mol. The normalized spacial score (nSPS) is 11.7. The van der Waals surface area contributed by atoms with Gasteiger partial charge in [-0.05, 0) is 54.5 Å². The van der Waals surface area contributed by atoms with E-state index >= 15 is 0 Å². The fraction of sp³-hybridized carbons (Fsp3) is 0.435. The Bertz CT molecular complexity index is 877. The van der Waals surface area contributed by atoms with Crippen molar-refractivity contribution in [2.45, 2.75) is 60.1 Å². The highest BCUT2D eigenvalue weighted by Gasteiger charge is 2.13. The van der Waals surface area contributed by atoms with Crippen LogP contribution in [0.25, 0.3) is 11.0 Å². The summed E-state index contributed by atoms with van der Waals surface area (Å²) in [4.78, 5) is 4.84. The Morgan fingerprint density at radius 3 is 2.54 bits per heavy atom. The van der Waals surface area contributed by atoms with Crippen molar-refractivity contribution in [1.29, 1.82) is 0 Å². The summed E-state index contributed by atoms with van der Waals surface area (Å²) in [6.45, 7) is 12.5. The maximum Gasteiger partial charge on any atom is 0.147 e. The second-order valence-corrected chi connectivity index (χ2v) is 7.84. The highest BCUT2D eigenvalue weighted by atomic mass is 16.5. The SMILES string of the molecule is Cc1ccc(C(C)C)c(OCc2nc3ccccc3n2CCC(C)C)c1. The third-order valence-corrected chi connectivity index (χ3v) is 4.81. The second kappa shape index (κ2) is 7.94. The van der Waals surface area contributed by atoms with Crippen LogP contribution in [0.3, 0.4) is 0 Å². The van der Waals surface area contributed by atoms with Gasteiger partial charge in [-0.3, -0.25) is 0 Å². The Kier molecular flexibility index (Phi) is 5.65. The number of aromatic nitrogens is 2. The summed E-state index contributed by atoms with van der Waals surface area (Å²) < 4.78 is 8.58. The number of para-hydroxylation sites is 2. The number of hydrogen-bond acceptors (Lipinski definition) is 2. The molecule has 0 aliphatic rings. The zero-order valence-corrected chi connectivity index (χ0v) is 16.6. The number of nitrogens with zero attached hydrogens (tertiary/aromatic N) is 2. The zero-order chi connectivity index (χ0) is 18.7. The molecular weight excluding hydrogens is 320 g/mol. The van der Waals surface area contributed by atoms with Gasteiger partial charge in [0.05, 0.1) is 11.0 Å². The van der Waals surface area contributed by atoms with Crippen molar-refractivity contribution in [3.05, 3.63) is 59.4 Å². The monoisotopic (exact) mass is 350 g/mol. The van der Waals surface area contributed by atoms with Gasteiger partial charge >= 0.3 is 0 Å². The Morgan fingerprint density at radius 2 is 1.81 bits per heavy atom. The molecule has 3 aromatic rings. The molecule has 0 fully saturated rings. The van der Waals surface area contributed by atoms with Gasteiger partial charge in [0, 0.05) is 6.54 Å². The molecule has 138 valence electrons. The maximum atomic E-state index is 6.26. The van der Waals surface area contributed by atoms with Crippen LogP contribution in [0, 0.1) is 12.8 Å². The van der Waals surface area contributed by atoms with Crippen LogP contribution in [0.5, 0.6) is 5.75 Å². The molecule has 1 heterocycles. The van der Waals surface area contributed by atoms with E-state index in [-0.39, 0.29) is 0 Å². The van der Waals surface area contributed by atoms with Crippen LogP contribution in [-0.2, 0) is 13.2 Å². The van der Waals surface area contributed by atoms with Gasteiger partial charge in [-0.1, -0.05) is 52.0 Å². The van der Waals surface area contributed by atoms with E-state index in [2.05, 4.69) is 75.6 Å². The van der Waals surface area contributed by atoms with Crippen LogP contribution >= 0.6 is 0 Å². The molecule has 0 bridgehead atoms. The summed E-state index contributed by atoms with van der Waals surface area (Å²) >= 11 is 0. The first-order valence-corrected chi connectivity index (χ1v) is 9.63. The van der Waals surface area contributed by atoms with E-state index in [0.717, 1.165) is 30.1 Å². The number of aryl methyl sites for hydroxylation is 2. The summed E-state index contributed by atoms with van der Waals surface area (Å²) in [5, 5.41) is 0. The van der Waals surface area contributed by atoms with Gasteiger partial charge in [-0.15, -0.1) is 0 Å². The van der Waals surface area contributed by atoms with Crippen LogP contribution in [-0.4, -0.2) is 9.55 Å². The van der Waals surface area contributed by atoms with E-state index < -0.39 is 0 Å². The van der Waals surface area contributed by atoms with E-state index in [1.54, 1.807) is 0 Å². The molecule has 3 heteroatoms. The van der Waals surface area contributed by atoms with Crippen molar-refractivity contribution in [2.75, 3.05) is 0 Å². The van der Waals surface area contributed by atoms with Crippen molar-refractivity contribution in [1.82, 2.24) is 9.55 Å². The van der Waals surface area contributed by atoms with Crippen molar-refractivity contribution in [3.63, 3.8) is 0 Å². The van der Waals surface area contributed by atoms with Crippen molar-refractivity contribution < 1.29 is 4.74 Å². The molecule has 3 nitrogen and oxygen atoms in total. The van der Waals surface area contributed by atoms with Crippen molar-refractivity contribution in [3.8, 4) is 5.75 Å². The lowest BCUT2D eigenvalue weighted by molar-refractivity contribution is 0.284. The van der Waals surface area contributed by atoms with Crippen molar-refractivity contribution in [2.24, 2.45) is 5.92 Å². The molecule has 2 aromatic carbocycles. The van der Waals surface area contributed by atoms with Gasteiger partial charge in [0.1, 0.15) is 18.2 Å². The summed E-state index contributed by atoms with van der Waals surface area (Å²) in [5.41, 5.74) is 4.71. The highest BCUT2D eigenvalue weighted by molar-refractivity contribution is 5.75. The lowest BCUT2D eigenvalue weighted by Crippen LogP contribution is -2.10. The molecular formula is C23H30N2O. The fourth-order valence-corrected chi connectivity index (χ4v) is 3.26. The summed E-state index contributed by atoms with van der Waals surface area (Å²) in [5.74, 6) is 3.07. The summed E-state index contributed by atoms with van der Waals surface area (Å²) in [6, 6.07) is 14.8. The average Bonchev–Trinajstić information content (AvgIpc) is 2.95. The Balaban J connectivity index is 1.89. The molecule has 0 saturated heterocycles. The molecule has 3 rings (SSSR count). The van der Waals surface area contributed by atoms with Gasteiger partial charge in [-0.2, -0.15) is 0 Å². The Labute approximate surface area is 157 Å². The van der Waals surface area contributed by atoms with Crippen LogP contribution < -0.4 is 4.74 Å². The lowest BCUT2D eigenvalue weighted by atomic mass is 10.0. The Hall–Kier alpha value is -2.29. The molecule has 0 aliphatic heterocycles. The molecule has 0 aliphatic carbocycles. The van der Waals surface area contributed by atoms with E-state index in [1.807, 2.05) is 6.07 Å². The first-order valence-electron chi connectivity index (χ1n) is 9.63. The van der Waals surface area contributed by atoms with Gasteiger partial charge in [0.15, 0.2) is 0 Å². The molecule has 0 saturated carbocycles. The smallest absolute Gasteiger partial charge is 0.147 e. The standard InChI is InChI=1S/C23H30N2O/c1-16(2)12-13-25-21-9-7-6-8-20(21)24-23(25)15-26-22-14-18(5)10-11-19(22)17(3)4/h6-11,14,16-17H,12-13,15H2,1-5H3. The van der Waals surface area contributed by atoms with Gasteiger partial charge in [-0.25, -0.2) is 4.98 Å². The summed E-state index contributed by atoms with van der Waals surface area (Å²) in [6.07, 6.45) is 1.13. The largest absolute Gasteiger partial charge is 0.485 e. The number of ether oxygens (including phenoxy) is 1. The summed E-state index contributed by atoms with van der Waals surface area (Å²) in [7, 11) is 0. The van der Waals surface area contributed by atoms with E-state index in [9.17, 15) is 0 Å². The molecule has 0 amide bonds. The minimum absolute atomic E-state index is 0.436. The first-order chi connectivity index (χ1) is 12.5. The predicted octanol–water partition coefficient (Wildman–Crippen LogP) is 6.09. The molecule has 0 spiro atoms. The van der Waals surface area contributed by atoms with Crippen LogP contribution in [0.4, 0.5) is 0 Å². The van der Waals surface area contributed by atoms with Crippen LogP contribution in [0.15, 0.2) is 42.5 Å². The van der Waals surface area contributed by atoms with Crippen LogP contribution in [0.1, 0.15) is 57.0 Å². The van der Waals surface area contributed by atoms with E-state index in [0.29, 0.717) is 18.4 Å². The fourth-order valence-electron chi connectivity index (χ4n) is 3.26. The van der Waals surface area contributed by atoms with E-state index in [1.165, 1.54) is 16.6 Å². The topological polar surface area (TPSA) is 27.1 Å². The third-order valence-electron chi connectivity index (χ3n) is 4.81. The second-order valence-electron chi connectivity index (χ2n) is 7.84. The lowest BCUT2D eigenvalue weighted by Gasteiger charge is -2.16. The number of fused-ring (bicyclic) bond motifs is 1. The first kappa shape index (κ1) is 18.5. The van der Waals surface area contributed by atoms with Gasteiger partial charge in [0.2, 0.25) is 0 Å². The van der Waals surface area contributed by atoms with Gasteiger partial charge < -0.3 is 9.30 Å². The molecule has 0 atom stereocenters. The molecule has 26 heavy (non-hydrogen) atoms. The molecule has 0 radical (unpaired) electrons.